The molecule has 0 radical (unpaired) electrons. The highest BCUT2D eigenvalue weighted by atomic mass is 32.1. The van der Waals surface area contributed by atoms with Crippen LogP contribution in [-0.2, 0) is 4.74 Å². The molecule has 72 valence electrons. The quantitative estimate of drug-likeness (QED) is 0.303. The molecule has 1 fully saturated rings. The van der Waals surface area contributed by atoms with E-state index >= 15 is 0 Å². The van der Waals surface area contributed by atoms with E-state index in [4.69, 9.17) is 10.5 Å². The number of aliphatic hydroxyl groups excluding tert-OH is 3. The summed E-state index contributed by atoms with van der Waals surface area (Å²) in [5.74, 6) is 0. The predicted octanol–water partition coefficient (Wildman–Crippen LogP) is -2.32. The lowest BCUT2D eigenvalue weighted by atomic mass is 10.0. The molecule has 0 amide bonds. The number of hydrogen-bond donors (Lipinski definition) is 5. The number of aliphatic hydroxyl groups is 3. The number of nitrogens with two attached hydrogens (primary N) is 1. The minimum atomic E-state index is -1.24. The van der Waals surface area contributed by atoms with Crippen LogP contribution in [0.5, 0.6) is 0 Å². The zero-order valence-corrected chi connectivity index (χ0v) is 7.26. The Balaban J connectivity index is 2.63. The molecule has 5 atom stereocenters. The van der Waals surface area contributed by atoms with E-state index in [-0.39, 0.29) is 6.54 Å². The van der Waals surface area contributed by atoms with Gasteiger partial charge in [-0.15, -0.1) is 12.6 Å². The van der Waals surface area contributed by atoms with E-state index in [9.17, 15) is 15.3 Å². The van der Waals surface area contributed by atoms with Gasteiger partial charge in [0.1, 0.15) is 23.7 Å². The molecule has 0 spiro atoms. The summed E-state index contributed by atoms with van der Waals surface area (Å²) in [5.41, 5.74) is 4.46. The molecule has 0 aromatic rings. The molecule has 0 bridgehead atoms. The molecule has 12 heavy (non-hydrogen) atoms. The van der Waals surface area contributed by atoms with Gasteiger partial charge in [0.2, 0.25) is 0 Å². The van der Waals surface area contributed by atoms with Crippen LogP contribution in [0.25, 0.3) is 0 Å². The van der Waals surface area contributed by atoms with Gasteiger partial charge < -0.3 is 25.8 Å². The smallest absolute Gasteiger partial charge is 0.129 e. The van der Waals surface area contributed by atoms with Gasteiger partial charge in [-0.2, -0.15) is 0 Å². The van der Waals surface area contributed by atoms with Crippen molar-refractivity contribution in [3.8, 4) is 0 Å². The Morgan fingerprint density at radius 2 is 1.75 bits per heavy atom. The van der Waals surface area contributed by atoms with Gasteiger partial charge in [0.05, 0.1) is 6.10 Å². The van der Waals surface area contributed by atoms with Crippen LogP contribution in [0.3, 0.4) is 0 Å². The Kier molecular flexibility index (Phi) is 3.33. The molecule has 1 aliphatic heterocycles. The Morgan fingerprint density at radius 3 is 2.25 bits per heavy atom. The van der Waals surface area contributed by atoms with Gasteiger partial charge in [-0.3, -0.25) is 0 Å². The van der Waals surface area contributed by atoms with Crippen molar-refractivity contribution in [2.24, 2.45) is 5.73 Å². The van der Waals surface area contributed by atoms with Gasteiger partial charge >= 0.3 is 0 Å². The van der Waals surface area contributed by atoms with E-state index < -0.39 is 29.9 Å². The highest BCUT2D eigenvalue weighted by Crippen LogP contribution is 2.22. The SMILES string of the molecule is NC[C@H]1O[C@@H](S)[C@@H](O)[C@@H](O)[C@@H]1O. The van der Waals surface area contributed by atoms with E-state index in [1.165, 1.54) is 0 Å². The lowest BCUT2D eigenvalue weighted by Crippen LogP contribution is -2.57. The van der Waals surface area contributed by atoms with Crippen LogP contribution in [0, 0.1) is 0 Å². The van der Waals surface area contributed by atoms with Crippen LogP contribution in [0.2, 0.25) is 0 Å². The van der Waals surface area contributed by atoms with E-state index in [2.05, 4.69) is 12.6 Å². The standard InChI is InChI=1S/C6H13NO4S/c7-1-2-3(8)4(9)5(10)6(12)11-2/h2-6,8-10,12H,1,7H2/t2-,3-,4+,5+,6+/m1/s1. The molecule has 0 aromatic heterocycles. The van der Waals surface area contributed by atoms with E-state index in [0.29, 0.717) is 0 Å². The number of rotatable bonds is 1. The van der Waals surface area contributed by atoms with E-state index in [0.717, 1.165) is 0 Å². The van der Waals surface area contributed by atoms with Crippen molar-refractivity contribution in [2.75, 3.05) is 6.54 Å². The lowest BCUT2D eigenvalue weighted by Gasteiger charge is -2.38. The first-order chi connectivity index (χ1) is 5.57. The summed E-state index contributed by atoms with van der Waals surface area (Å²) in [6, 6.07) is 0. The minimum absolute atomic E-state index is 0.0853. The van der Waals surface area contributed by atoms with Crippen LogP contribution in [0.15, 0.2) is 0 Å². The molecule has 1 aliphatic rings. The maximum absolute atomic E-state index is 9.28. The van der Waals surface area contributed by atoms with Crippen LogP contribution in [0.1, 0.15) is 0 Å². The number of thiol groups is 1. The van der Waals surface area contributed by atoms with E-state index in [1.807, 2.05) is 0 Å². The largest absolute Gasteiger partial charge is 0.388 e. The molecule has 0 unspecified atom stereocenters. The summed E-state index contributed by atoms with van der Waals surface area (Å²) in [6.07, 6.45) is -4.22. The first-order valence-electron chi connectivity index (χ1n) is 3.65. The molecule has 0 saturated carbocycles. The van der Waals surface area contributed by atoms with Crippen molar-refractivity contribution in [1.82, 2.24) is 0 Å². The molecule has 6 heteroatoms. The monoisotopic (exact) mass is 195 g/mol. The summed E-state index contributed by atoms with van der Waals surface area (Å²) >= 11 is 3.87. The maximum atomic E-state index is 9.28. The highest BCUT2D eigenvalue weighted by molar-refractivity contribution is 7.80. The first-order valence-corrected chi connectivity index (χ1v) is 4.17. The van der Waals surface area contributed by atoms with Crippen molar-refractivity contribution in [3.05, 3.63) is 0 Å². The second-order valence-corrected chi connectivity index (χ2v) is 3.28. The van der Waals surface area contributed by atoms with Crippen molar-refractivity contribution < 1.29 is 20.1 Å². The second-order valence-electron chi connectivity index (χ2n) is 2.77. The molecule has 1 rings (SSSR count). The normalized spacial score (nSPS) is 49.2. The van der Waals surface area contributed by atoms with Gasteiger partial charge in [0.15, 0.2) is 0 Å². The van der Waals surface area contributed by atoms with Crippen molar-refractivity contribution in [1.29, 1.82) is 0 Å². The number of ether oxygens (including phenoxy) is 1. The third-order valence-electron chi connectivity index (χ3n) is 1.92. The Hall–Kier alpha value is 0.150. The summed E-state index contributed by atoms with van der Waals surface area (Å²) in [7, 11) is 0. The lowest BCUT2D eigenvalue weighted by molar-refractivity contribution is -0.194. The second kappa shape index (κ2) is 3.91. The number of hydrogen-bond acceptors (Lipinski definition) is 6. The fourth-order valence-corrected chi connectivity index (χ4v) is 1.46. The topological polar surface area (TPSA) is 95.9 Å². The average molecular weight is 195 g/mol. The third-order valence-corrected chi connectivity index (χ3v) is 2.35. The third kappa shape index (κ3) is 1.73. The fourth-order valence-electron chi connectivity index (χ4n) is 1.13. The fraction of sp³-hybridized carbons (Fsp3) is 1.00. The van der Waals surface area contributed by atoms with E-state index in [1.54, 1.807) is 0 Å². The molecular weight excluding hydrogens is 182 g/mol. The average Bonchev–Trinajstić information content (AvgIpc) is 2.08. The minimum Gasteiger partial charge on any atom is -0.388 e. The Labute approximate surface area is 75.5 Å². The van der Waals surface area contributed by atoms with Crippen molar-refractivity contribution in [2.45, 2.75) is 29.9 Å². The predicted molar refractivity (Wildman–Crippen MR) is 44.7 cm³/mol. The Morgan fingerprint density at radius 1 is 1.17 bits per heavy atom. The van der Waals surface area contributed by atoms with Gasteiger partial charge in [-0.1, -0.05) is 0 Å². The Bertz CT molecular complexity index is 154. The van der Waals surface area contributed by atoms with Gasteiger partial charge in [-0.25, -0.2) is 0 Å². The zero-order chi connectivity index (χ0) is 9.30. The summed E-state index contributed by atoms with van der Waals surface area (Å²) in [4.78, 5) is 0. The van der Waals surface area contributed by atoms with Crippen LogP contribution in [-0.4, -0.2) is 51.7 Å². The molecule has 0 aliphatic carbocycles. The van der Waals surface area contributed by atoms with Crippen LogP contribution >= 0.6 is 12.6 Å². The molecule has 0 aromatic carbocycles. The highest BCUT2D eigenvalue weighted by Gasteiger charge is 2.41. The summed E-state index contributed by atoms with van der Waals surface area (Å²) in [6.45, 7) is 0.0853. The van der Waals surface area contributed by atoms with Crippen LogP contribution < -0.4 is 5.73 Å². The van der Waals surface area contributed by atoms with Gasteiger partial charge in [-0.05, 0) is 0 Å². The zero-order valence-electron chi connectivity index (χ0n) is 6.37. The van der Waals surface area contributed by atoms with Gasteiger partial charge in [0.25, 0.3) is 0 Å². The van der Waals surface area contributed by atoms with Crippen molar-refractivity contribution in [3.63, 3.8) is 0 Å². The molecule has 1 heterocycles. The summed E-state index contributed by atoms with van der Waals surface area (Å²) < 4.78 is 5.01. The molecule has 1 saturated heterocycles. The van der Waals surface area contributed by atoms with Gasteiger partial charge in [0, 0.05) is 6.54 Å². The van der Waals surface area contributed by atoms with Crippen LogP contribution in [0.4, 0.5) is 0 Å². The van der Waals surface area contributed by atoms with Crippen molar-refractivity contribution >= 4 is 12.6 Å². The molecule has 5 N–H and O–H groups in total. The maximum Gasteiger partial charge on any atom is 0.129 e. The summed E-state index contributed by atoms with van der Waals surface area (Å²) in [5, 5.41) is 27.7. The molecular formula is C6H13NO4S. The first kappa shape index (κ1) is 10.2. The molecule has 5 nitrogen and oxygen atoms in total.